The van der Waals surface area contributed by atoms with Crippen molar-refractivity contribution in [1.29, 1.82) is 0 Å². The molecular weight excluding hydrogens is 308 g/mol. The molecule has 1 nitrogen and oxygen atoms in total. The first-order valence-electron chi connectivity index (χ1n) is 5.13. The molecule has 2 rings (SSSR count). The average Bonchev–Trinajstić information content (AvgIpc) is 2.38. The molecule has 2 aromatic rings. The van der Waals surface area contributed by atoms with E-state index >= 15 is 0 Å². The van der Waals surface area contributed by atoms with E-state index in [0.717, 1.165) is 0 Å². The van der Waals surface area contributed by atoms with Gasteiger partial charge in [-0.15, -0.1) is 0 Å². The molecule has 0 N–H and O–H groups in total. The van der Waals surface area contributed by atoms with Crippen LogP contribution in [0.25, 0.3) is 11.1 Å². The third-order valence-electron chi connectivity index (χ3n) is 2.38. The van der Waals surface area contributed by atoms with E-state index in [0.29, 0.717) is 11.1 Å². The topological polar surface area (TPSA) is 17.1 Å². The van der Waals surface area contributed by atoms with Crippen molar-refractivity contribution in [1.82, 2.24) is 0 Å². The number of rotatable bonds is 2. The summed E-state index contributed by atoms with van der Waals surface area (Å²) in [5, 5.41) is -4.65. The van der Waals surface area contributed by atoms with Crippen LogP contribution < -0.4 is 4.46 Å². The molecule has 0 aliphatic carbocycles. The Hall–Kier alpha value is -1.45. The standard InChI is InChI=1S/C13H9F3OSe/c14-13(15,16)18(17)12-9-5-4-8-11(12)10-6-2-1-3-7-10/h1-9H. The summed E-state index contributed by atoms with van der Waals surface area (Å²) in [6.07, 6.45) is 0. The predicted molar refractivity (Wildman–Crippen MR) is 64.0 cm³/mol. The second-order valence-corrected chi connectivity index (χ2v) is 6.60. The summed E-state index contributed by atoms with van der Waals surface area (Å²) in [5.74, 6) is 0. The average molecular weight is 317 g/mol. The van der Waals surface area contributed by atoms with Crippen molar-refractivity contribution >= 4 is 18.3 Å². The van der Waals surface area contributed by atoms with Crippen molar-refractivity contribution in [3.05, 3.63) is 54.6 Å². The van der Waals surface area contributed by atoms with Crippen molar-refractivity contribution in [2.24, 2.45) is 0 Å². The molecule has 0 fully saturated rings. The van der Waals surface area contributed by atoms with Crippen LogP contribution in [0.2, 0.25) is 0 Å². The van der Waals surface area contributed by atoms with Crippen molar-refractivity contribution in [2.45, 2.75) is 5.07 Å². The van der Waals surface area contributed by atoms with E-state index in [1.165, 1.54) is 12.1 Å². The van der Waals surface area contributed by atoms with Crippen LogP contribution in [0.3, 0.4) is 0 Å². The predicted octanol–water partition coefficient (Wildman–Crippen LogP) is 3.08. The van der Waals surface area contributed by atoms with Gasteiger partial charge in [0.2, 0.25) is 0 Å². The van der Waals surface area contributed by atoms with Crippen LogP contribution in [0.4, 0.5) is 13.2 Å². The molecule has 5 heteroatoms. The maximum atomic E-state index is 12.6. The SMILES string of the molecule is O=[Se](c1ccccc1-c1ccccc1)C(F)(F)F. The van der Waals surface area contributed by atoms with Gasteiger partial charge < -0.3 is 0 Å². The van der Waals surface area contributed by atoms with Gasteiger partial charge >= 0.3 is 106 Å². The summed E-state index contributed by atoms with van der Waals surface area (Å²) < 4.78 is 49.1. The second kappa shape index (κ2) is 5.04. The molecule has 2 aromatic carbocycles. The van der Waals surface area contributed by atoms with Gasteiger partial charge in [-0.1, -0.05) is 0 Å². The molecule has 1 atom stereocenters. The molecule has 0 aromatic heterocycles. The van der Waals surface area contributed by atoms with Gasteiger partial charge in [-0.2, -0.15) is 0 Å². The summed E-state index contributed by atoms with van der Waals surface area (Å²) in [4.78, 5) is 0. The van der Waals surface area contributed by atoms with Crippen LogP contribution in [0.1, 0.15) is 0 Å². The van der Waals surface area contributed by atoms with Crippen LogP contribution in [-0.4, -0.2) is 18.9 Å². The summed E-state index contributed by atoms with van der Waals surface area (Å²) in [6.45, 7) is 0. The quantitative estimate of drug-likeness (QED) is 0.778. The van der Waals surface area contributed by atoms with Crippen LogP contribution in [0.5, 0.6) is 0 Å². The zero-order valence-corrected chi connectivity index (χ0v) is 10.9. The van der Waals surface area contributed by atoms with Crippen molar-refractivity contribution in [2.75, 3.05) is 0 Å². The third-order valence-corrected chi connectivity index (χ3v) is 4.85. The van der Waals surface area contributed by atoms with Gasteiger partial charge in [0.05, 0.1) is 0 Å². The van der Waals surface area contributed by atoms with Crippen LogP contribution in [-0.2, 0) is 3.83 Å². The number of hydrogen-bond donors (Lipinski definition) is 0. The molecule has 0 bridgehead atoms. The third kappa shape index (κ3) is 2.68. The molecule has 0 spiro atoms. The molecule has 0 saturated carbocycles. The fourth-order valence-corrected chi connectivity index (χ4v) is 3.37. The van der Waals surface area contributed by atoms with E-state index in [-0.39, 0.29) is 4.46 Å². The van der Waals surface area contributed by atoms with E-state index in [9.17, 15) is 17.0 Å². The molecule has 0 amide bonds. The van der Waals surface area contributed by atoms with Gasteiger partial charge in [0.15, 0.2) is 0 Å². The Bertz CT molecular complexity index is 564. The molecule has 0 aliphatic heterocycles. The Kier molecular flexibility index (Phi) is 3.64. The first-order valence-corrected chi connectivity index (χ1v) is 7.54. The molecule has 18 heavy (non-hydrogen) atoms. The Morgan fingerprint density at radius 1 is 0.833 bits per heavy atom. The van der Waals surface area contributed by atoms with E-state index in [4.69, 9.17) is 0 Å². The van der Waals surface area contributed by atoms with Gasteiger partial charge in [-0.3, -0.25) is 0 Å². The first-order chi connectivity index (χ1) is 8.50. The number of hydrogen-bond acceptors (Lipinski definition) is 1. The van der Waals surface area contributed by atoms with Gasteiger partial charge in [0.1, 0.15) is 0 Å². The van der Waals surface area contributed by atoms with Gasteiger partial charge in [-0.25, -0.2) is 0 Å². The number of halogens is 3. The molecular formula is C13H9F3OSe. The summed E-state index contributed by atoms with van der Waals surface area (Å²) in [6, 6.07) is 14.6. The number of benzene rings is 2. The minimum absolute atomic E-state index is 0.115. The molecule has 0 aliphatic rings. The van der Waals surface area contributed by atoms with Crippen LogP contribution in [0.15, 0.2) is 54.6 Å². The summed E-state index contributed by atoms with van der Waals surface area (Å²) in [7, 11) is 0. The fourth-order valence-electron chi connectivity index (χ4n) is 1.61. The Morgan fingerprint density at radius 2 is 1.39 bits per heavy atom. The van der Waals surface area contributed by atoms with Crippen molar-refractivity contribution in [3.8, 4) is 11.1 Å². The molecule has 0 saturated heterocycles. The van der Waals surface area contributed by atoms with Crippen molar-refractivity contribution < 1.29 is 17.0 Å². The zero-order chi connectivity index (χ0) is 13.2. The number of alkyl halides is 3. The second-order valence-electron chi connectivity index (χ2n) is 3.58. The fraction of sp³-hybridized carbons (Fsp3) is 0.0769. The molecule has 1 unspecified atom stereocenters. The van der Waals surface area contributed by atoms with Gasteiger partial charge in [-0.05, 0) is 0 Å². The molecule has 94 valence electrons. The molecule has 0 radical (unpaired) electrons. The summed E-state index contributed by atoms with van der Waals surface area (Å²) >= 11 is -4.06. The van der Waals surface area contributed by atoms with Crippen LogP contribution >= 0.6 is 0 Å². The van der Waals surface area contributed by atoms with Gasteiger partial charge in [0.25, 0.3) is 0 Å². The maximum absolute atomic E-state index is 12.6. The summed E-state index contributed by atoms with van der Waals surface area (Å²) in [5.41, 5.74) is 1.03. The zero-order valence-electron chi connectivity index (χ0n) is 9.15. The van der Waals surface area contributed by atoms with Crippen molar-refractivity contribution in [3.63, 3.8) is 0 Å². The van der Waals surface area contributed by atoms with E-state index < -0.39 is 18.9 Å². The Labute approximate surface area is 106 Å². The normalized spacial score (nSPS) is 13.3. The first kappa shape index (κ1) is 13.0. The van der Waals surface area contributed by atoms with Crippen LogP contribution in [0, 0.1) is 0 Å². The van der Waals surface area contributed by atoms with E-state index in [1.54, 1.807) is 42.5 Å². The van der Waals surface area contributed by atoms with Gasteiger partial charge in [0, 0.05) is 0 Å². The Balaban J connectivity index is 2.54. The van der Waals surface area contributed by atoms with E-state index in [1.807, 2.05) is 0 Å². The monoisotopic (exact) mass is 318 g/mol. The van der Waals surface area contributed by atoms with E-state index in [2.05, 4.69) is 0 Å². The Morgan fingerprint density at radius 3 is 2.00 bits per heavy atom. The minimum atomic E-state index is -4.65. The molecule has 0 heterocycles.